The fourth-order valence-electron chi connectivity index (χ4n) is 0. The van der Waals surface area contributed by atoms with Crippen molar-refractivity contribution in [2.75, 3.05) is 0 Å². The van der Waals surface area contributed by atoms with Crippen LogP contribution >= 0.6 is 0 Å². The zero-order valence-corrected chi connectivity index (χ0v) is 4.29. The molecule has 0 fully saturated rings. The molecule has 0 rings (SSSR count). The van der Waals surface area contributed by atoms with Gasteiger partial charge in [0.05, 0.1) is 0 Å². The van der Waals surface area contributed by atoms with Crippen LogP contribution in [0, 0.1) is 0 Å². The van der Waals surface area contributed by atoms with Crippen LogP contribution in [0.1, 0.15) is 0 Å². The first-order valence-electron chi connectivity index (χ1n) is 0.894. The van der Waals surface area contributed by atoms with Crippen LogP contribution < -0.4 is 0 Å². The molecule has 11 heteroatoms. The summed E-state index contributed by atoms with van der Waals surface area (Å²) in [6.07, 6.45) is 0. The van der Waals surface area contributed by atoms with Gasteiger partial charge in [-0.15, -0.1) is 0 Å². The molecule has 0 aliphatic heterocycles. The van der Waals surface area contributed by atoms with Gasteiger partial charge in [-0.3, -0.25) is 0 Å². The van der Waals surface area contributed by atoms with Crippen LogP contribution in [0.2, 0.25) is 0 Å². The summed E-state index contributed by atoms with van der Waals surface area (Å²) < 4.78 is 0. The zero-order valence-electron chi connectivity index (χ0n) is 3.29. The van der Waals surface area contributed by atoms with Crippen molar-refractivity contribution in [1.82, 2.24) is 0 Å². The van der Waals surface area contributed by atoms with Crippen molar-refractivity contribution < 1.29 is 30.1 Å². The van der Waals surface area contributed by atoms with Crippen LogP contribution in [0.25, 0.3) is 0 Å². The third-order valence-electron chi connectivity index (χ3n) is 0. The van der Waals surface area contributed by atoms with E-state index in [1.807, 2.05) is 0 Å². The van der Waals surface area contributed by atoms with Crippen LogP contribution in [0.4, 0.5) is 0 Å². The monoisotopic (exact) mass is 254 g/mol. The zero-order chi connectivity index (χ0) is 4.50. The summed E-state index contributed by atoms with van der Waals surface area (Å²) in [4.78, 5) is 29.3. The number of rotatable bonds is 0. The Morgan fingerprint density at radius 1 is 0.818 bits per heavy atom. The van der Waals surface area contributed by atoms with Crippen LogP contribution in [0.15, 0.2) is 0 Å². The molecule has 0 saturated heterocycles. The Morgan fingerprint density at radius 2 is 0.818 bits per heavy atom. The van der Waals surface area contributed by atoms with Crippen molar-refractivity contribution >= 4 is 117 Å². The Morgan fingerprint density at radius 3 is 0.818 bits per heavy atom. The normalized spacial score (nSPS) is 5.45. The second kappa shape index (κ2) is 23.4. The predicted octanol–water partition coefficient (Wildman–Crippen LogP) is -7.92. The van der Waals surface area contributed by atoms with E-state index in [0.29, 0.717) is 0 Å². The van der Waals surface area contributed by atoms with Crippen molar-refractivity contribution in [3.8, 4) is 0 Å². The summed E-state index contributed by atoms with van der Waals surface area (Å²) in [6.45, 7) is 0. The molecule has 0 aromatic carbocycles. The average molecular weight is 255 g/mol. The quantitative estimate of drug-likeness (QED) is 0.318. The van der Waals surface area contributed by atoms with E-state index < -0.39 is 9.05 Å². The second-order valence-electron chi connectivity index (χ2n) is 0.600. The fourth-order valence-corrected chi connectivity index (χ4v) is 0. The minimum atomic E-state index is -4.61. The maximum absolute atomic E-state index is 7.33. The molecule has 11 heavy (non-hydrogen) atoms. The Bertz CT molecular complexity index is 38.1. The van der Waals surface area contributed by atoms with Crippen molar-refractivity contribution in [2.45, 2.75) is 0 Å². The van der Waals surface area contributed by atoms with Gasteiger partial charge in [-0.25, -0.2) is 0 Å². The first-order chi connectivity index (χ1) is 2.00. The van der Waals surface area contributed by atoms with Gasteiger partial charge in [-0.05, 0) is 0 Å². The molecule has 0 radical (unpaired) electrons. The third kappa shape index (κ3) is 144. The van der Waals surface area contributed by atoms with Crippen molar-refractivity contribution in [3.05, 3.63) is 0 Å². The first kappa shape index (κ1) is 46.9. The van der Waals surface area contributed by atoms with Gasteiger partial charge in [0, 0.05) is 0 Å². The van der Waals surface area contributed by atoms with Gasteiger partial charge in [0.25, 0.3) is 0 Å². The number of hydrogen-bond acceptors (Lipinski definition) is 4. The fraction of sp³-hybridized carbons (Fsp3) is 0. The summed E-state index contributed by atoms with van der Waals surface area (Å²) in [5.41, 5.74) is 0. The molecule has 0 spiro atoms. The van der Waals surface area contributed by atoms with Crippen LogP contribution in [-0.2, 0) is 0 Å². The molecule has 6 nitrogen and oxygen atoms in total. The standard InChI is InChI=1S/Al.Ca.Mg.Na.H4O4Si.2H2O.8H/c;;;;1-5(2,3)4;;;;;;;;;;/h;;;;1-4H;2*1H2;;;;;;;;. The van der Waals surface area contributed by atoms with E-state index in [0.717, 1.165) is 0 Å². The van der Waals surface area contributed by atoms with E-state index in [-0.39, 0.29) is 119 Å². The topological polar surface area (TPSA) is 144 Å². The molecular formula is H16AlCaMgNaO6Si. The molecule has 0 atom stereocenters. The van der Waals surface area contributed by atoms with Gasteiger partial charge in [0.15, 0.2) is 17.4 Å². The molecule has 0 amide bonds. The molecule has 0 unspecified atom stereocenters. The summed E-state index contributed by atoms with van der Waals surface area (Å²) in [5, 5.41) is 0. The molecule has 0 heterocycles. The molecule has 0 aromatic heterocycles. The van der Waals surface area contributed by atoms with Crippen molar-refractivity contribution in [2.24, 2.45) is 0 Å². The predicted molar refractivity (Wildman–Crippen MR) is 56.0 cm³/mol. The van der Waals surface area contributed by atoms with Gasteiger partial charge in [-0.2, -0.15) is 0 Å². The molecule has 0 aliphatic rings. The van der Waals surface area contributed by atoms with Crippen LogP contribution in [-0.4, -0.2) is 147 Å². The Balaban J connectivity index is -0.00000000533. The molecule has 0 aliphatic carbocycles. The minimum absolute atomic E-state index is 0. The Labute approximate surface area is 144 Å². The molecule has 0 aromatic rings. The summed E-state index contributed by atoms with van der Waals surface area (Å²) in [5.74, 6) is 0. The van der Waals surface area contributed by atoms with Gasteiger partial charge in [0.1, 0.15) is 0 Å². The summed E-state index contributed by atoms with van der Waals surface area (Å²) in [7, 11) is -4.61. The van der Waals surface area contributed by atoms with E-state index in [9.17, 15) is 0 Å². The third-order valence-corrected chi connectivity index (χ3v) is 0. The van der Waals surface area contributed by atoms with Crippen molar-refractivity contribution in [3.63, 3.8) is 0 Å². The maximum atomic E-state index is 7.33. The van der Waals surface area contributed by atoms with Gasteiger partial charge < -0.3 is 30.1 Å². The Hall–Kier alpha value is 3.54. The van der Waals surface area contributed by atoms with Crippen LogP contribution in [0.3, 0.4) is 0 Å². The van der Waals surface area contributed by atoms with E-state index in [1.165, 1.54) is 0 Å². The molecule has 0 bridgehead atoms. The molecule has 0 saturated carbocycles. The van der Waals surface area contributed by atoms with E-state index in [2.05, 4.69) is 0 Å². The molecule has 64 valence electrons. The second-order valence-corrected chi connectivity index (χ2v) is 1.80. The average Bonchev–Trinajstić information content (AvgIpc) is 0.722. The van der Waals surface area contributed by atoms with Gasteiger partial charge >= 0.3 is 99.4 Å². The summed E-state index contributed by atoms with van der Waals surface area (Å²) >= 11 is 0. The van der Waals surface area contributed by atoms with Crippen molar-refractivity contribution in [1.29, 1.82) is 0 Å². The van der Waals surface area contributed by atoms with E-state index >= 15 is 0 Å². The molecule has 8 N–H and O–H groups in total. The van der Waals surface area contributed by atoms with Gasteiger partial charge in [-0.1, -0.05) is 0 Å². The SMILES string of the molecule is O.O.O[Si](O)(O)O.[AlH3].[CaH2].[MgH2].[NaH]. The van der Waals surface area contributed by atoms with Crippen LogP contribution in [0.5, 0.6) is 0 Å². The summed E-state index contributed by atoms with van der Waals surface area (Å²) in [6, 6.07) is 0. The van der Waals surface area contributed by atoms with E-state index in [1.54, 1.807) is 0 Å². The first-order valence-corrected chi connectivity index (χ1v) is 2.68. The van der Waals surface area contributed by atoms with E-state index in [4.69, 9.17) is 19.2 Å². The molecular weight excluding hydrogens is 238 g/mol. The Kier molecular flexibility index (Phi) is 99.7. The number of hydrogen-bond donors (Lipinski definition) is 4. The van der Waals surface area contributed by atoms with Gasteiger partial charge in [0.2, 0.25) is 0 Å².